The van der Waals surface area contributed by atoms with E-state index in [2.05, 4.69) is 5.10 Å². The Morgan fingerprint density at radius 2 is 1.96 bits per heavy atom. The number of carbonyl (C=O) groups is 1. The van der Waals surface area contributed by atoms with E-state index in [1.54, 1.807) is 47.8 Å². The van der Waals surface area contributed by atoms with Gasteiger partial charge in [0, 0.05) is 19.3 Å². The summed E-state index contributed by atoms with van der Waals surface area (Å²) in [5.41, 5.74) is 0.432. The second-order valence-corrected chi connectivity index (χ2v) is 6.13. The molecule has 1 heterocycles. The molecule has 23 heavy (non-hydrogen) atoms. The summed E-state index contributed by atoms with van der Waals surface area (Å²) < 4.78 is 14.5. The van der Waals surface area contributed by atoms with Crippen LogP contribution in [0.5, 0.6) is 0 Å². The monoisotopic (exact) mass is 319 g/mol. The van der Waals surface area contributed by atoms with Crippen LogP contribution in [0, 0.1) is 5.82 Å². The van der Waals surface area contributed by atoms with Crippen molar-refractivity contribution in [3.63, 3.8) is 0 Å². The van der Waals surface area contributed by atoms with Gasteiger partial charge in [0.15, 0.2) is 0 Å². The minimum absolute atomic E-state index is 0.0843. The van der Waals surface area contributed by atoms with E-state index >= 15 is 0 Å². The van der Waals surface area contributed by atoms with Crippen molar-refractivity contribution in [2.75, 3.05) is 13.1 Å². The number of hydrogen-bond donors (Lipinski definition) is 1. The van der Waals surface area contributed by atoms with Gasteiger partial charge in [-0.3, -0.25) is 4.79 Å². The third-order valence-corrected chi connectivity index (χ3v) is 3.38. The third kappa shape index (κ3) is 4.89. The highest BCUT2D eigenvalue weighted by atomic mass is 19.1. The number of aliphatic hydroxyl groups is 1. The number of likely N-dealkylation sites (N-methyl/N-ethyl adjacent to an activating group) is 1. The van der Waals surface area contributed by atoms with Crippen LogP contribution in [0.15, 0.2) is 36.5 Å². The summed E-state index contributed by atoms with van der Waals surface area (Å²) in [6, 6.07) is 7.74. The highest BCUT2D eigenvalue weighted by Gasteiger charge is 2.21. The van der Waals surface area contributed by atoms with Gasteiger partial charge in [0.25, 0.3) is 0 Å². The Hall–Kier alpha value is -2.21. The van der Waals surface area contributed by atoms with Crippen molar-refractivity contribution in [2.24, 2.45) is 0 Å². The first-order valence-corrected chi connectivity index (χ1v) is 7.59. The highest BCUT2D eigenvalue weighted by molar-refractivity contribution is 5.78. The Bertz CT molecular complexity index is 659. The van der Waals surface area contributed by atoms with Gasteiger partial charge in [-0.25, -0.2) is 9.07 Å². The predicted octanol–water partition coefficient (Wildman–Crippen LogP) is 2.17. The average molecular weight is 319 g/mol. The number of nitrogens with zero attached hydrogens (tertiary/aromatic N) is 3. The molecule has 0 saturated heterocycles. The lowest BCUT2D eigenvalue weighted by Crippen LogP contribution is -2.42. The molecule has 0 aliphatic heterocycles. The molecule has 2 aromatic rings. The standard InChI is InChI=1S/C17H22FN3O2/c1-4-20(12-17(2,3)23)16(22)11-14-9-10-21(19-14)15-7-5-13(18)6-8-15/h5-10,23H,4,11-12H2,1-3H3. The highest BCUT2D eigenvalue weighted by Crippen LogP contribution is 2.11. The number of aromatic nitrogens is 2. The summed E-state index contributed by atoms with van der Waals surface area (Å²) in [6.07, 6.45) is 1.90. The topological polar surface area (TPSA) is 58.4 Å². The predicted molar refractivity (Wildman–Crippen MR) is 85.8 cm³/mol. The first-order valence-electron chi connectivity index (χ1n) is 7.59. The van der Waals surface area contributed by atoms with Gasteiger partial charge in [0.1, 0.15) is 5.82 Å². The van der Waals surface area contributed by atoms with Crippen LogP contribution in [0.3, 0.4) is 0 Å². The van der Waals surface area contributed by atoms with E-state index in [1.807, 2.05) is 6.92 Å². The first-order chi connectivity index (χ1) is 10.8. The Labute approximate surface area is 135 Å². The SMILES string of the molecule is CCN(CC(C)(C)O)C(=O)Cc1ccn(-c2ccc(F)cc2)n1. The van der Waals surface area contributed by atoms with E-state index in [4.69, 9.17) is 0 Å². The largest absolute Gasteiger partial charge is 0.389 e. The molecule has 0 spiro atoms. The van der Waals surface area contributed by atoms with Gasteiger partial charge in [-0.2, -0.15) is 5.10 Å². The molecule has 0 saturated carbocycles. The molecule has 0 radical (unpaired) electrons. The molecule has 2 rings (SSSR count). The zero-order valence-corrected chi connectivity index (χ0v) is 13.7. The van der Waals surface area contributed by atoms with Crippen molar-refractivity contribution < 1.29 is 14.3 Å². The fourth-order valence-electron chi connectivity index (χ4n) is 2.30. The van der Waals surface area contributed by atoms with Crippen LogP contribution in [-0.2, 0) is 11.2 Å². The molecule has 6 heteroatoms. The fraction of sp³-hybridized carbons (Fsp3) is 0.412. The van der Waals surface area contributed by atoms with Crippen molar-refractivity contribution in [3.8, 4) is 5.69 Å². The van der Waals surface area contributed by atoms with Crippen LogP contribution >= 0.6 is 0 Å². The van der Waals surface area contributed by atoms with Crippen LogP contribution in [0.25, 0.3) is 5.69 Å². The zero-order chi connectivity index (χ0) is 17.0. The van der Waals surface area contributed by atoms with E-state index in [1.165, 1.54) is 12.1 Å². The molecule has 0 atom stereocenters. The van der Waals surface area contributed by atoms with Gasteiger partial charge in [-0.05, 0) is 51.1 Å². The normalized spacial score (nSPS) is 11.5. The van der Waals surface area contributed by atoms with Crippen LogP contribution in [0.2, 0.25) is 0 Å². The molecular weight excluding hydrogens is 297 g/mol. The molecule has 124 valence electrons. The summed E-state index contributed by atoms with van der Waals surface area (Å²) >= 11 is 0. The van der Waals surface area contributed by atoms with Crippen molar-refractivity contribution in [1.82, 2.24) is 14.7 Å². The number of hydrogen-bond acceptors (Lipinski definition) is 3. The maximum atomic E-state index is 12.9. The van der Waals surface area contributed by atoms with E-state index < -0.39 is 5.60 Å². The third-order valence-electron chi connectivity index (χ3n) is 3.38. The smallest absolute Gasteiger partial charge is 0.228 e. The summed E-state index contributed by atoms with van der Waals surface area (Å²) in [6.45, 7) is 6.03. The molecule has 5 nitrogen and oxygen atoms in total. The molecule has 1 aromatic heterocycles. The Morgan fingerprint density at radius 1 is 1.30 bits per heavy atom. The average Bonchev–Trinajstić information content (AvgIpc) is 2.93. The van der Waals surface area contributed by atoms with Crippen LogP contribution < -0.4 is 0 Å². The van der Waals surface area contributed by atoms with Gasteiger partial charge < -0.3 is 10.0 Å². The maximum absolute atomic E-state index is 12.9. The lowest BCUT2D eigenvalue weighted by molar-refractivity contribution is -0.133. The van der Waals surface area contributed by atoms with Crippen molar-refractivity contribution in [1.29, 1.82) is 0 Å². The minimum atomic E-state index is -0.931. The molecule has 0 aliphatic rings. The Kier molecular flexibility index (Phi) is 5.15. The first kappa shape index (κ1) is 17.1. The van der Waals surface area contributed by atoms with Gasteiger partial charge in [0.05, 0.1) is 23.4 Å². The second kappa shape index (κ2) is 6.91. The second-order valence-electron chi connectivity index (χ2n) is 6.13. The van der Waals surface area contributed by atoms with Gasteiger partial charge in [-0.15, -0.1) is 0 Å². The lowest BCUT2D eigenvalue weighted by Gasteiger charge is -2.28. The Morgan fingerprint density at radius 3 is 2.52 bits per heavy atom. The van der Waals surface area contributed by atoms with E-state index in [0.717, 1.165) is 5.69 Å². The molecule has 1 aromatic carbocycles. The number of amides is 1. The van der Waals surface area contributed by atoms with E-state index in [-0.39, 0.29) is 24.7 Å². The zero-order valence-electron chi connectivity index (χ0n) is 13.7. The van der Waals surface area contributed by atoms with Crippen LogP contribution in [0.1, 0.15) is 26.5 Å². The fourth-order valence-corrected chi connectivity index (χ4v) is 2.30. The van der Waals surface area contributed by atoms with Gasteiger partial charge >= 0.3 is 0 Å². The number of halogens is 1. The summed E-state index contributed by atoms with van der Waals surface area (Å²) in [4.78, 5) is 13.9. The van der Waals surface area contributed by atoms with Crippen LogP contribution in [0.4, 0.5) is 4.39 Å². The molecule has 1 N–H and O–H groups in total. The molecule has 0 bridgehead atoms. The number of carbonyl (C=O) groups excluding carboxylic acids is 1. The molecule has 0 unspecified atom stereocenters. The van der Waals surface area contributed by atoms with Crippen molar-refractivity contribution in [2.45, 2.75) is 32.8 Å². The number of rotatable bonds is 6. The Balaban J connectivity index is 2.06. The quantitative estimate of drug-likeness (QED) is 0.888. The molecular formula is C17H22FN3O2. The summed E-state index contributed by atoms with van der Waals surface area (Å²) in [5.74, 6) is -0.388. The summed E-state index contributed by atoms with van der Waals surface area (Å²) in [7, 11) is 0. The van der Waals surface area contributed by atoms with Crippen LogP contribution in [-0.4, -0.2) is 44.4 Å². The van der Waals surface area contributed by atoms with E-state index in [9.17, 15) is 14.3 Å². The maximum Gasteiger partial charge on any atom is 0.228 e. The number of benzene rings is 1. The molecule has 0 fully saturated rings. The minimum Gasteiger partial charge on any atom is -0.389 e. The van der Waals surface area contributed by atoms with Crippen molar-refractivity contribution in [3.05, 3.63) is 48.0 Å². The van der Waals surface area contributed by atoms with Crippen molar-refractivity contribution >= 4 is 5.91 Å². The summed E-state index contributed by atoms with van der Waals surface area (Å²) in [5, 5.41) is 14.2. The van der Waals surface area contributed by atoms with Gasteiger partial charge in [0.2, 0.25) is 5.91 Å². The molecule has 1 amide bonds. The lowest BCUT2D eigenvalue weighted by atomic mass is 10.1. The van der Waals surface area contributed by atoms with E-state index in [0.29, 0.717) is 12.2 Å². The molecule has 0 aliphatic carbocycles. The van der Waals surface area contributed by atoms with Gasteiger partial charge in [-0.1, -0.05) is 0 Å².